The zero-order chi connectivity index (χ0) is 29.5. The SMILES string of the molecule is COc1ccc(COc2ccc(C(=O)NCCO)c(OC[C@H](O)CN3CCC4(CC3)Cc3cc(Cl)ccc3O4)c2)cc1. The first-order chi connectivity index (χ1) is 20.4. The third kappa shape index (κ3) is 7.46. The van der Waals surface area contributed by atoms with Crippen LogP contribution in [0, 0.1) is 0 Å². The number of ether oxygens (including phenoxy) is 4. The van der Waals surface area contributed by atoms with Crippen LogP contribution >= 0.6 is 11.6 Å². The predicted octanol–water partition coefficient (Wildman–Crippen LogP) is 3.86. The Morgan fingerprint density at radius 2 is 1.83 bits per heavy atom. The summed E-state index contributed by atoms with van der Waals surface area (Å²) in [6.07, 6.45) is 1.79. The van der Waals surface area contributed by atoms with Crippen LogP contribution in [-0.2, 0) is 13.0 Å². The van der Waals surface area contributed by atoms with Crippen molar-refractivity contribution in [2.75, 3.05) is 46.5 Å². The number of benzene rings is 3. The van der Waals surface area contributed by atoms with E-state index in [0.29, 0.717) is 30.2 Å². The summed E-state index contributed by atoms with van der Waals surface area (Å²) in [4.78, 5) is 14.9. The minimum Gasteiger partial charge on any atom is -0.497 e. The third-order valence-corrected chi connectivity index (χ3v) is 7.92. The number of amides is 1. The highest BCUT2D eigenvalue weighted by molar-refractivity contribution is 6.30. The van der Waals surface area contributed by atoms with Crippen molar-refractivity contribution in [1.29, 1.82) is 0 Å². The second-order valence-electron chi connectivity index (χ2n) is 10.8. The highest BCUT2D eigenvalue weighted by Gasteiger charge is 2.42. The average molecular weight is 597 g/mol. The van der Waals surface area contributed by atoms with Gasteiger partial charge in [-0.25, -0.2) is 0 Å². The molecule has 1 atom stereocenters. The van der Waals surface area contributed by atoms with Crippen LogP contribution < -0.4 is 24.3 Å². The van der Waals surface area contributed by atoms with E-state index in [0.717, 1.165) is 60.0 Å². The number of carbonyl (C=O) groups is 1. The molecule has 224 valence electrons. The Kier molecular flexibility index (Phi) is 9.74. The molecule has 1 saturated heterocycles. The molecule has 3 N–H and O–H groups in total. The summed E-state index contributed by atoms with van der Waals surface area (Å²) in [7, 11) is 1.62. The Morgan fingerprint density at radius 1 is 1.07 bits per heavy atom. The zero-order valence-electron chi connectivity index (χ0n) is 23.7. The molecule has 10 heteroatoms. The molecule has 1 fully saturated rings. The average Bonchev–Trinajstić information content (AvgIpc) is 3.36. The number of piperidine rings is 1. The number of aliphatic hydroxyl groups excluding tert-OH is 2. The minimum atomic E-state index is -0.767. The zero-order valence-corrected chi connectivity index (χ0v) is 24.4. The molecule has 1 spiro atoms. The van der Waals surface area contributed by atoms with Crippen LogP contribution in [0.3, 0.4) is 0 Å². The molecule has 0 unspecified atom stereocenters. The Hall–Kier alpha value is -3.50. The number of hydrogen-bond donors (Lipinski definition) is 3. The molecule has 3 aromatic rings. The van der Waals surface area contributed by atoms with Gasteiger partial charge in [0.15, 0.2) is 0 Å². The second kappa shape index (κ2) is 13.6. The van der Waals surface area contributed by atoms with E-state index < -0.39 is 6.10 Å². The van der Waals surface area contributed by atoms with Crippen molar-refractivity contribution < 1.29 is 34.0 Å². The monoisotopic (exact) mass is 596 g/mol. The number of nitrogens with zero attached hydrogens (tertiary/aromatic N) is 1. The van der Waals surface area contributed by atoms with Gasteiger partial charge in [0.1, 0.15) is 47.9 Å². The minimum absolute atomic E-state index is 0.00426. The predicted molar refractivity (Wildman–Crippen MR) is 159 cm³/mol. The van der Waals surface area contributed by atoms with Gasteiger partial charge in [-0.2, -0.15) is 0 Å². The van der Waals surface area contributed by atoms with E-state index in [4.69, 9.17) is 35.7 Å². The number of hydrogen-bond acceptors (Lipinski definition) is 8. The van der Waals surface area contributed by atoms with Gasteiger partial charge in [0, 0.05) is 56.5 Å². The summed E-state index contributed by atoms with van der Waals surface area (Å²) in [5.41, 5.74) is 2.19. The molecular weight excluding hydrogens is 560 g/mol. The number of likely N-dealkylation sites (tertiary alicyclic amines) is 1. The first-order valence-corrected chi connectivity index (χ1v) is 14.5. The van der Waals surface area contributed by atoms with Crippen LogP contribution in [0.2, 0.25) is 5.02 Å². The maximum Gasteiger partial charge on any atom is 0.255 e. The van der Waals surface area contributed by atoms with Gasteiger partial charge in [-0.15, -0.1) is 0 Å². The number of fused-ring (bicyclic) bond motifs is 1. The maximum absolute atomic E-state index is 12.7. The third-order valence-electron chi connectivity index (χ3n) is 7.69. The van der Waals surface area contributed by atoms with Gasteiger partial charge in [-0.05, 0) is 53.6 Å². The Balaban J connectivity index is 1.16. The van der Waals surface area contributed by atoms with Crippen LogP contribution in [0.15, 0.2) is 60.7 Å². The number of rotatable bonds is 12. The van der Waals surface area contributed by atoms with E-state index in [1.807, 2.05) is 42.5 Å². The smallest absolute Gasteiger partial charge is 0.255 e. The Labute approximate surface area is 250 Å². The topological polar surface area (TPSA) is 110 Å². The van der Waals surface area contributed by atoms with Crippen molar-refractivity contribution in [3.05, 3.63) is 82.4 Å². The standard InChI is InChI=1S/C32H37ClN2O7/c1-39-26-5-2-22(3-6-26)20-40-27-7-8-28(31(38)34-12-15-36)30(17-27)41-21-25(37)19-35-13-10-32(11-14-35)18-23-16-24(33)4-9-29(23)42-32/h2-9,16-17,25,36-37H,10-15,18-21H2,1H3,(H,34,38)/t25-/m1/s1. The number of β-amino-alcohol motifs (C(OH)–C–C–N with tert-alkyl or cyclic N) is 1. The molecule has 9 nitrogen and oxygen atoms in total. The number of carbonyl (C=O) groups excluding carboxylic acids is 1. The van der Waals surface area contributed by atoms with Crippen LogP contribution in [0.4, 0.5) is 0 Å². The highest BCUT2D eigenvalue weighted by Crippen LogP contribution is 2.42. The van der Waals surface area contributed by atoms with Crippen LogP contribution in [0.5, 0.6) is 23.0 Å². The molecule has 1 amide bonds. The quantitative estimate of drug-likeness (QED) is 0.289. The number of nitrogens with one attached hydrogen (secondary N) is 1. The Morgan fingerprint density at radius 3 is 2.57 bits per heavy atom. The van der Waals surface area contributed by atoms with Crippen LogP contribution in [0.1, 0.15) is 34.3 Å². The fraction of sp³-hybridized carbons (Fsp3) is 0.406. The van der Waals surface area contributed by atoms with E-state index in [-0.39, 0.29) is 31.3 Å². The normalized spacial score (nSPS) is 16.4. The lowest BCUT2D eigenvalue weighted by atomic mass is 9.87. The van der Waals surface area contributed by atoms with Gasteiger partial charge in [0.05, 0.1) is 19.3 Å². The first-order valence-electron chi connectivity index (χ1n) is 14.2. The summed E-state index contributed by atoms with van der Waals surface area (Å²) < 4.78 is 23.5. The molecule has 2 heterocycles. The molecule has 0 radical (unpaired) electrons. The molecule has 0 saturated carbocycles. The fourth-order valence-electron chi connectivity index (χ4n) is 5.41. The summed E-state index contributed by atoms with van der Waals surface area (Å²) >= 11 is 6.17. The molecule has 42 heavy (non-hydrogen) atoms. The second-order valence-corrected chi connectivity index (χ2v) is 11.2. The Bertz CT molecular complexity index is 1360. The van der Waals surface area contributed by atoms with Crippen molar-refractivity contribution in [2.24, 2.45) is 0 Å². The molecule has 3 aromatic carbocycles. The number of aliphatic hydroxyl groups is 2. The van der Waals surface area contributed by atoms with Gasteiger partial charge in [-0.3, -0.25) is 4.79 Å². The molecule has 2 aliphatic heterocycles. The van der Waals surface area contributed by atoms with Crippen LogP contribution in [-0.4, -0.2) is 79.2 Å². The molecule has 0 aliphatic carbocycles. The summed E-state index contributed by atoms with van der Waals surface area (Å²) in [6.45, 7) is 2.30. The summed E-state index contributed by atoms with van der Waals surface area (Å²) in [6, 6.07) is 18.3. The summed E-state index contributed by atoms with van der Waals surface area (Å²) in [5, 5.41) is 23.3. The molecule has 5 rings (SSSR count). The molecule has 0 aromatic heterocycles. The van der Waals surface area contributed by atoms with Gasteiger partial charge < -0.3 is 39.4 Å². The lowest BCUT2D eigenvalue weighted by Gasteiger charge is -2.39. The van der Waals surface area contributed by atoms with E-state index in [2.05, 4.69) is 10.2 Å². The molecular formula is C32H37ClN2O7. The first kappa shape index (κ1) is 30.0. The fourth-order valence-corrected chi connectivity index (χ4v) is 5.61. The summed E-state index contributed by atoms with van der Waals surface area (Å²) in [5.74, 6) is 2.11. The van der Waals surface area contributed by atoms with Crippen molar-refractivity contribution in [3.63, 3.8) is 0 Å². The van der Waals surface area contributed by atoms with Crippen LogP contribution in [0.25, 0.3) is 0 Å². The van der Waals surface area contributed by atoms with Gasteiger partial charge in [-0.1, -0.05) is 23.7 Å². The van der Waals surface area contributed by atoms with E-state index >= 15 is 0 Å². The molecule has 0 bridgehead atoms. The van der Waals surface area contributed by atoms with Crippen molar-refractivity contribution >= 4 is 17.5 Å². The lowest BCUT2D eigenvalue weighted by Crippen LogP contribution is -2.49. The van der Waals surface area contributed by atoms with Gasteiger partial charge in [0.2, 0.25) is 0 Å². The van der Waals surface area contributed by atoms with Crippen molar-refractivity contribution in [3.8, 4) is 23.0 Å². The van der Waals surface area contributed by atoms with E-state index in [1.165, 1.54) is 0 Å². The van der Waals surface area contributed by atoms with Gasteiger partial charge >= 0.3 is 0 Å². The number of methoxy groups -OCH3 is 1. The maximum atomic E-state index is 12.7. The number of halogens is 1. The van der Waals surface area contributed by atoms with E-state index in [1.54, 1.807) is 25.3 Å². The largest absolute Gasteiger partial charge is 0.497 e. The van der Waals surface area contributed by atoms with Gasteiger partial charge in [0.25, 0.3) is 5.91 Å². The van der Waals surface area contributed by atoms with E-state index in [9.17, 15) is 9.90 Å². The van der Waals surface area contributed by atoms with Crippen molar-refractivity contribution in [1.82, 2.24) is 10.2 Å². The van der Waals surface area contributed by atoms with Crippen molar-refractivity contribution in [2.45, 2.75) is 37.6 Å². The highest BCUT2D eigenvalue weighted by atomic mass is 35.5. The molecule has 2 aliphatic rings. The lowest BCUT2D eigenvalue weighted by molar-refractivity contribution is -0.00201.